The molecule has 0 unspecified atom stereocenters. The number of nitrogens with two attached hydrogens (primary N) is 1. The standard InChI is InChI=1S/C20H33N3OS/c1-19-9-7-13(22-23-18(21)25)11-12(19)3-4-14-15-5-6-17(24)20(15,2)10-8-16(14)19/h12,14-17,24H,3-11H2,1-2H3,(H3,21,23,25)/b22-13+/t12-,14-,15+,16+,17-,19-,20-/m0/s1. The molecule has 4 saturated carbocycles. The summed E-state index contributed by atoms with van der Waals surface area (Å²) in [6, 6.07) is 0. The fourth-order valence-corrected chi connectivity index (χ4v) is 7.31. The third-order valence-corrected chi connectivity index (χ3v) is 8.86. The summed E-state index contributed by atoms with van der Waals surface area (Å²) in [5.41, 5.74) is 10.2. The first-order valence-corrected chi connectivity index (χ1v) is 10.5. The van der Waals surface area contributed by atoms with Crippen LogP contribution in [-0.2, 0) is 0 Å². The van der Waals surface area contributed by atoms with Gasteiger partial charge in [0, 0.05) is 5.71 Å². The minimum atomic E-state index is -0.0692. The van der Waals surface area contributed by atoms with Crippen molar-refractivity contribution in [2.45, 2.75) is 77.7 Å². The van der Waals surface area contributed by atoms with Crippen molar-refractivity contribution >= 4 is 23.0 Å². The second-order valence-electron chi connectivity index (χ2n) is 9.65. The van der Waals surface area contributed by atoms with Crippen LogP contribution in [0.1, 0.15) is 71.6 Å². The van der Waals surface area contributed by atoms with Crippen molar-refractivity contribution in [3.8, 4) is 0 Å². The summed E-state index contributed by atoms with van der Waals surface area (Å²) in [7, 11) is 0. The molecule has 4 aliphatic carbocycles. The average Bonchev–Trinajstić information content (AvgIpc) is 2.88. The Kier molecular flexibility index (Phi) is 4.39. The van der Waals surface area contributed by atoms with Gasteiger partial charge in [-0.05, 0) is 105 Å². The smallest absolute Gasteiger partial charge is 0.184 e. The molecule has 0 amide bonds. The molecule has 4 N–H and O–H groups in total. The second-order valence-corrected chi connectivity index (χ2v) is 10.1. The van der Waals surface area contributed by atoms with E-state index in [4.69, 9.17) is 18.0 Å². The van der Waals surface area contributed by atoms with Gasteiger partial charge in [0.2, 0.25) is 0 Å². The van der Waals surface area contributed by atoms with E-state index < -0.39 is 0 Å². The second kappa shape index (κ2) is 6.19. The number of rotatable bonds is 1. The number of thiocarbonyl (C=S) groups is 1. The van der Waals surface area contributed by atoms with Gasteiger partial charge in [0.15, 0.2) is 5.11 Å². The predicted molar refractivity (Wildman–Crippen MR) is 105 cm³/mol. The zero-order chi connectivity index (χ0) is 17.8. The van der Waals surface area contributed by atoms with Gasteiger partial charge in [0.1, 0.15) is 0 Å². The Bertz CT molecular complexity index is 593. The highest BCUT2D eigenvalue weighted by Gasteiger charge is 2.59. The Morgan fingerprint density at radius 1 is 1.12 bits per heavy atom. The van der Waals surface area contributed by atoms with E-state index in [1.807, 2.05) is 0 Å². The number of hydrazone groups is 1. The molecule has 5 heteroatoms. The lowest BCUT2D eigenvalue weighted by Gasteiger charge is -2.60. The molecule has 0 aromatic carbocycles. The van der Waals surface area contributed by atoms with Gasteiger partial charge in [-0.25, -0.2) is 0 Å². The molecule has 0 aliphatic heterocycles. The number of nitrogens with zero attached hydrogens (tertiary/aromatic N) is 1. The van der Waals surface area contributed by atoms with E-state index in [1.165, 1.54) is 44.2 Å². The molecule has 25 heavy (non-hydrogen) atoms. The third-order valence-electron chi connectivity index (χ3n) is 8.77. The van der Waals surface area contributed by atoms with Gasteiger partial charge in [0.25, 0.3) is 0 Å². The van der Waals surface area contributed by atoms with Crippen LogP contribution < -0.4 is 11.2 Å². The van der Waals surface area contributed by atoms with Gasteiger partial charge in [0.05, 0.1) is 6.10 Å². The highest BCUT2D eigenvalue weighted by molar-refractivity contribution is 7.80. The Hall–Kier alpha value is -0.680. The number of fused-ring (bicyclic) bond motifs is 5. The first kappa shape index (κ1) is 17.7. The van der Waals surface area contributed by atoms with Crippen molar-refractivity contribution in [3.63, 3.8) is 0 Å². The van der Waals surface area contributed by atoms with Crippen LogP contribution in [0.5, 0.6) is 0 Å². The first-order valence-electron chi connectivity index (χ1n) is 10.1. The largest absolute Gasteiger partial charge is 0.393 e. The van der Waals surface area contributed by atoms with E-state index in [1.54, 1.807) is 0 Å². The van der Waals surface area contributed by atoms with Crippen molar-refractivity contribution in [2.75, 3.05) is 0 Å². The zero-order valence-electron chi connectivity index (χ0n) is 15.6. The van der Waals surface area contributed by atoms with Crippen LogP contribution in [0.4, 0.5) is 0 Å². The van der Waals surface area contributed by atoms with E-state index in [9.17, 15) is 5.11 Å². The summed E-state index contributed by atoms with van der Waals surface area (Å²) in [6.07, 6.45) is 10.8. The van der Waals surface area contributed by atoms with Crippen LogP contribution in [-0.4, -0.2) is 22.0 Å². The molecule has 4 nitrogen and oxygen atoms in total. The van der Waals surface area contributed by atoms with Gasteiger partial charge in [-0.2, -0.15) is 5.10 Å². The normalized spacial score (nSPS) is 50.7. The van der Waals surface area contributed by atoms with Crippen molar-refractivity contribution in [1.29, 1.82) is 0 Å². The number of nitrogens with one attached hydrogen (secondary N) is 1. The number of aliphatic hydroxyl groups is 1. The Morgan fingerprint density at radius 3 is 2.64 bits per heavy atom. The van der Waals surface area contributed by atoms with E-state index in [-0.39, 0.29) is 16.6 Å². The van der Waals surface area contributed by atoms with E-state index in [0.717, 1.165) is 42.9 Å². The summed E-state index contributed by atoms with van der Waals surface area (Å²) in [5, 5.41) is 15.3. The molecular weight excluding hydrogens is 330 g/mol. The molecule has 7 atom stereocenters. The van der Waals surface area contributed by atoms with Crippen LogP contribution in [0, 0.1) is 34.5 Å². The van der Waals surface area contributed by atoms with Gasteiger partial charge in [-0.1, -0.05) is 13.8 Å². The molecule has 0 bridgehead atoms. The minimum absolute atomic E-state index is 0.0692. The van der Waals surface area contributed by atoms with Crippen molar-refractivity contribution in [2.24, 2.45) is 45.3 Å². The molecule has 4 fully saturated rings. The third kappa shape index (κ3) is 2.73. The average molecular weight is 364 g/mol. The number of aliphatic hydroxyl groups excluding tert-OH is 1. The lowest BCUT2D eigenvalue weighted by Crippen LogP contribution is -2.54. The van der Waals surface area contributed by atoms with E-state index in [0.29, 0.717) is 5.41 Å². The molecule has 0 radical (unpaired) electrons. The summed E-state index contributed by atoms with van der Waals surface area (Å²) in [5.74, 6) is 3.14. The minimum Gasteiger partial charge on any atom is -0.393 e. The Balaban J connectivity index is 1.53. The van der Waals surface area contributed by atoms with Crippen LogP contribution in [0.15, 0.2) is 5.10 Å². The van der Waals surface area contributed by atoms with Crippen molar-refractivity contribution < 1.29 is 5.11 Å². The van der Waals surface area contributed by atoms with Gasteiger partial charge < -0.3 is 10.8 Å². The SMILES string of the molecule is C[C@]12CC/C(=N\NC(N)=S)C[C@@H]1CC[C@@H]1[C@H]2CC[C@@]2(C)[C@@H]1CC[C@@H]2O. The van der Waals surface area contributed by atoms with Crippen molar-refractivity contribution in [3.05, 3.63) is 0 Å². The number of hydrogen-bond acceptors (Lipinski definition) is 3. The quantitative estimate of drug-likeness (QED) is 0.492. The van der Waals surface area contributed by atoms with Gasteiger partial charge in [-0.3, -0.25) is 5.43 Å². The molecule has 4 rings (SSSR count). The molecule has 0 spiro atoms. The maximum atomic E-state index is 10.6. The van der Waals surface area contributed by atoms with Crippen molar-refractivity contribution in [1.82, 2.24) is 5.43 Å². The monoisotopic (exact) mass is 363 g/mol. The fourth-order valence-electron chi connectivity index (χ4n) is 7.27. The molecule has 0 heterocycles. The summed E-state index contributed by atoms with van der Waals surface area (Å²) in [6.45, 7) is 4.92. The lowest BCUT2D eigenvalue weighted by molar-refractivity contribution is -0.112. The Labute approximate surface area is 157 Å². The highest BCUT2D eigenvalue weighted by atomic mass is 32.1. The lowest BCUT2D eigenvalue weighted by atomic mass is 9.45. The highest BCUT2D eigenvalue weighted by Crippen LogP contribution is 2.65. The topological polar surface area (TPSA) is 70.6 Å². The summed E-state index contributed by atoms with van der Waals surface area (Å²) < 4.78 is 0. The van der Waals surface area contributed by atoms with Gasteiger partial charge in [-0.15, -0.1) is 0 Å². The Morgan fingerprint density at radius 2 is 1.88 bits per heavy atom. The van der Waals surface area contributed by atoms with E-state index in [2.05, 4.69) is 24.4 Å². The molecule has 0 aromatic rings. The predicted octanol–water partition coefficient (Wildman–Crippen LogP) is 3.58. The molecule has 0 aromatic heterocycles. The maximum absolute atomic E-state index is 10.6. The molecular formula is C20H33N3OS. The van der Waals surface area contributed by atoms with Crippen LogP contribution in [0.3, 0.4) is 0 Å². The van der Waals surface area contributed by atoms with E-state index >= 15 is 0 Å². The fraction of sp³-hybridized carbons (Fsp3) is 0.900. The molecule has 140 valence electrons. The molecule has 4 aliphatic rings. The van der Waals surface area contributed by atoms with Crippen LogP contribution in [0.2, 0.25) is 0 Å². The first-order chi connectivity index (χ1) is 11.8. The maximum Gasteiger partial charge on any atom is 0.184 e. The summed E-state index contributed by atoms with van der Waals surface area (Å²) >= 11 is 4.88. The van der Waals surface area contributed by atoms with Crippen LogP contribution in [0.25, 0.3) is 0 Å². The zero-order valence-corrected chi connectivity index (χ0v) is 16.4. The molecule has 0 saturated heterocycles. The number of hydrogen-bond donors (Lipinski definition) is 3. The summed E-state index contributed by atoms with van der Waals surface area (Å²) in [4.78, 5) is 0. The van der Waals surface area contributed by atoms with Crippen LogP contribution >= 0.6 is 12.2 Å². The van der Waals surface area contributed by atoms with Gasteiger partial charge >= 0.3 is 0 Å².